The monoisotopic (exact) mass is 343 g/mol. The van der Waals surface area contributed by atoms with E-state index >= 15 is 0 Å². The third-order valence-electron chi connectivity index (χ3n) is 3.44. The Morgan fingerprint density at radius 3 is 2.67 bits per heavy atom. The van der Waals surface area contributed by atoms with E-state index in [1.165, 1.54) is 16.9 Å². The summed E-state index contributed by atoms with van der Waals surface area (Å²) >= 11 is 5.86. The molecule has 0 amide bonds. The van der Waals surface area contributed by atoms with Crippen LogP contribution < -0.4 is 0 Å². The minimum absolute atomic E-state index is 0.0885. The second-order valence-electron chi connectivity index (χ2n) is 5.54. The summed E-state index contributed by atoms with van der Waals surface area (Å²) in [6.45, 7) is 3.93. The van der Waals surface area contributed by atoms with Crippen molar-refractivity contribution in [3.05, 3.63) is 52.9 Å². The van der Waals surface area contributed by atoms with Gasteiger partial charge in [0.2, 0.25) is 0 Å². The van der Waals surface area contributed by atoms with Gasteiger partial charge >= 0.3 is 5.97 Å². The Bertz CT molecular complexity index is 890. The zero-order chi connectivity index (χ0) is 17.3. The molecule has 3 rings (SSSR count). The number of benzene rings is 1. The van der Waals surface area contributed by atoms with E-state index in [1.54, 1.807) is 24.3 Å². The Morgan fingerprint density at radius 1 is 1.25 bits per heavy atom. The number of carboxylic acids is 1. The molecule has 2 heterocycles. The lowest BCUT2D eigenvalue weighted by atomic mass is 10.1. The van der Waals surface area contributed by atoms with Gasteiger partial charge in [0.05, 0.1) is 22.0 Å². The van der Waals surface area contributed by atoms with Crippen LogP contribution in [0, 0.1) is 0 Å². The van der Waals surface area contributed by atoms with E-state index in [0.717, 1.165) is 0 Å². The lowest BCUT2D eigenvalue weighted by molar-refractivity contribution is 0.0697. The van der Waals surface area contributed by atoms with Crippen molar-refractivity contribution in [3.63, 3.8) is 0 Å². The molecule has 0 unspecified atom stereocenters. The number of hydrogen-bond donors (Lipinski definition) is 1. The van der Waals surface area contributed by atoms with Crippen molar-refractivity contribution in [2.24, 2.45) is 0 Å². The molecular formula is C16H14ClN5O2. The van der Waals surface area contributed by atoms with Gasteiger partial charge in [-0.05, 0) is 40.8 Å². The molecule has 0 spiro atoms. The average Bonchev–Trinajstić information content (AvgIpc) is 3.05. The number of halogens is 1. The van der Waals surface area contributed by atoms with Crippen molar-refractivity contribution in [2.75, 3.05) is 0 Å². The summed E-state index contributed by atoms with van der Waals surface area (Å²) in [6.07, 6.45) is 1.51. The number of carboxylic acid groups (broad SMARTS) is 1. The predicted octanol–water partition coefficient (Wildman–Crippen LogP) is 3.20. The molecule has 0 radical (unpaired) electrons. The lowest BCUT2D eigenvalue weighted by Gasteiger charge is -2.10. The van der Waals surface area contributed by atoms with E-state index in [2.05, 4.69) is 20.5 Å². The Morgan fingerprint density at radius 2 is 2.04 bits per heavy atom. The van der Waals surface area contributed by atoms with Crippen LogP contribution in [-0.2, 0) is 0 Å². The number of hydrogen-bond acceptors (Lipinski definition) is 5. The standard InChI is InChI=1S/C16H14ClN5O2/c1-9(2)15-19-20-21-22(15)13-6-10(5-11(7-13)16(23)24)14-4-3-12(17)8-18-14/h3-9H,1-2H3,(H,23,24). The number of tetrazole rings is 1. The summed E-state index contributed by atoms with van der Waals surface area (Å²) in [5.41, 5.74) is 1.95. The van der Waals surface area contributed by atoms with Gasteiger partial charge in [0.1, 0.15) is 0 Å². The summed E-state index contributed by atoms with van der Waals surface area (Å²) in [4.78, 5) is 15.7. The van der Waals surface area contributed by atoms with Crippen LogP contribution in [0.25, 0.3) is 16.9 Å². The van der Waals surface area contributed by atoms with Crippen LogP contribution in [0.2, 0.25) is 5.02 Å². The first-order valence-corrected chi connectivity index (χ1v) is 7.62. The van der Waals surface area contributed by atoms with Crippen molar-refractivity contribution in [1.29, 1.82) is 0 Å². The molecule has 1 N–H and O–H groups in total. The first-order valence-electron chi connectivity index (χ1n) is 7.24. The van der Waals surface area contributed by atoms with E-state index < -0.39 is 5.97 Å². The van der Waals surface area contributed by atoms with Gasteiger partial charge in [-0.3, -0.25) is 4.98 Å². The number of pyridine rings is 1. The molecular weight excluding hydrogens is 330 g/mol. The van der Waals surface area contributed by atoms with Crippen molar-refractivity contribution < 1.29 is 9.90 Å². The third-order valence-corrected chi connectivity index (χ3v) is 3.67. The Balaban J connectivity index is 2.18. The van der Waals surface area contributed by atoms with E-state index in [9.17, 15) is 9.90 Å². The molecule has 24 heavy (non-hydrogen) atoms. The smallest absolute Gasteiger partial charge is 0.335 e. The van der Waals surface area contributed by atoms with Crippen molar-refractivity contribution in [2.45, 2.75) is 19.8 Å². The van der Waals surface area contributed by atoms with Gasteiger partial charge in [-0.1, -0.05) is 25.4 Å². The molecule has 8 heteroatoms. The topological polar surface area (TPSA) is 93.8 Å². The molecule has 0 aliphatic carbocycles. The van der Waals surface area contributed by atoms with Gasteiger partial charge in [0.15, 0.2) is 5.82 Å². The van der Waals surface area contributed by atoms with Crippen LogP contribution in [0.4, 0.5) is 0 Å². The van der Waals surface area contributed by atoms with E-state index in [1.807, 2.05) is 13.8 Å². The van der Waals surface area contributed by atoms with Crippen molar-refractivity contribution in [1.82, 2.24) is 25.2 Å². The molecule has 2 aromatic heterocycles. The first-order chi connectivity index (χ1) is 11.5. The van der Waals surface area contributed by atoms with Crippen molar-refractivity contribution >= 4 is 17.6 Å². The van der Waals surface area contributed by atoms with E-state index in [4.69, 9.17) is 11.6 Å². The molecule has 7 nitrogen and oxygen atoms in total. The van der Waals surface area contributed by atoms with E-state index in [-0.39, 0.29) is 11.5 Å². The fourth-order valence-electron chi connectivity index (χ4n) is 2.29. The minimum atomic E-state index is -1.04. The average molecular weight is 344 g/mol. The molecule has 0 bridgehead atoms. The highest BCUT2D eigenvalue weighted by molar-refractivity contribution is 6.30. The molecule has 1 aromatic carbocycles. The third kappa shape index (κ3) is 3.11. The summed E-state index contributed by atoms with van der Waals surface area (Å²) in [6, 6.07) is 8.32. The normalized spacial score (nSPS) is 11.0. The maximum atomic E-state index is 11.5. The Kier molecular flexibility index (Phi) is 4.26. The predicted molar refractivity (Wildman–Crippen MR) is 88.4 cm³/mol. The van der Waals surface area contributed by atoms with Crippen LogP contribution in [0.1, 0.15) is 35.9 Å². The summed E-state index contributed by atoms with van der Waals surface area (Å²) in [5, 5.41) is 21.6. The van der Waals surface area contributed by atoms with Gasteiger partial charge in [-0.15, -0.1) is 5.10 Å². The molecule has 0 fully saturated rings. The zero-order valence-corrected chi connectivity index (χ0v) is 13.8. The molecule has 0 aliphatic heterocycles. The highest BCUT2D eigenvalue weighted by atomic mass is 35.5. The molecule has 122 valence electrons. The first kappa shape index (κ1) is 16.1. The second-order valence-corrected chi connectivity index (χ2v) is 5.98. The highest BCUT2D eigenvalue weighted by Crippen LogP contribution is 2.25. The SMILES string of the molecule is CC(C)c1nnnn1-c1cc(C(=O)O)cc(-c2ccc(Cl)cn2)c1. The molecule has 0 saturated heterocycles. The van der Waals surface area contributed by atoms with Crippen LogP contribution in [-0.4, -0.2) is 36.3 Å². The Hall–Kier alpha value is -2.80. The van der Waals surface area contributed by atoms with Gasteiger partial charge in [0, 0.05) is 17.7 Å². The van der Waals surface area contributed by atoms with E-state index in [0.29, 0.717) is 27.8 Å². The fraction of sp³-hybridized carbons (Fsp3) is 0.188. The summed E-state index contributed by atoms with van der Waals surface area (Å²) < 4.78 is 1.54. The molecule has 0 saturated carbocycles. The van der Waals surface area contributed by atoms with Crippen LogP contribution in [0.15, 0.2) is 36.5 Å². The van der Waals surface area contributed by atoms with Gasteiger partial charge in [-0.2, -0.15) is 4.68 Å². The molecule has 0 atom stereocenters. The van der Waals surface area contributed by atoms with Crippen LogP contribution >= 0.6 is 11.6 Å². The second kappa shape index (κ2) is 6.37. The van der Waals surface area contributed by atoms with Crippen LogP contribution in [0.3, 0.4) is 0 Å². The maximum Gasteiger partial charge on any atom is 0.335 e. The largest absolute Gasteiger partial charge is 0.478 e. The van der Waals surface area contributed by atoms with Crippen molar-refractivity contribution in [3.8, 4) is 16.9 Å². The maximum absolute atomic E-state index is 11.5. The zero-order valence-electron chi connectivity index (χ0n) is 13.0. The molecule has 3 aromatic rings. The number of aromatic carboxylic acids is 1. The number of aromatic nitrogens is 5. The lowest BCUT2D eigenvalue weighted by Crippen LogP contribution is -2.07. The number of carbonyl (C=O) groups is 1. The number of rotatable bonds is 4. The fourth-order valence-corrected chi connectivity index (χ4v) is 2.40. The minimum Gasteiger partial charge on any atom is -0.478 e. The van der Waals surface area contributed by atoms with Gasteiger partial charge < -0.3 is 5.11 Å². The van der Waals surface area contributed by atoms with Gasteiger partial charge in [0.25, 0.3) is 0 Å². The quantitative estimate of drug-likeness (QED) is 0.781. The van der Waals surface area contributed by atoms with Crippen LogP contribution in [0.5, 0.6) is 0 Å². The highest BCUT2D eigenvalue weighted by Gasteiger charge is 2.16. The van der Waals surface area contributed by atoms with Gasteiger partial charge in [-0.25, -0.2) is 4.79 Å². The Labute approximate surface area is 142 Å². The summed E-state index contributed by atoms with van der Waals surface area (Å²) in [5.74, 6) is -0.301. The summed E-state index contributed by atoms with van der Waals surface area (Å²) in [7, 11) is 0. The molecule has 0 aliphatic rings. The number of nitrogens with zero attached hydrogens (tertiary/aromatic N) is 5.